The molecule has 0 fully saturated rings. The molecule has 0 aromatic carbocycles. The largest absolute Gasteiger partial charge is 0.373 e. The van der Waals surface area contributed by atoms with Gasteiger partial charge in [-0.15, -0.1) is 0 Å². The fourth-order valence-electron chi connectivity index (χ4n) is 2.95. The van der Waals surface area contributed by atoms with Gasteiger partial charge in [-0.2, -0.15) is 0 Å². The van der Waals surface area contributed by atoms with Gasteiger partial charge in [-0.1, -0.05) is 50.1 Å². The summed E-state index contributed by atoms with van der Waals surface area (Å²) < 4.78 is 12.0. The number of likely N-dealkylation sites (N-methyl/N-ethyl adjacent to an activating group) is 1. The van der Waals surface area contributed by atoms with E-state index in [1.54, 1.807) is 0 Å². The topological polar surface area (TPSA) is 127 Å². The molecule has 9 heteroatoms. The van der Waals surface area contributed by atoms with Gasteiger partial charge in [-0.05, 0) is 24.8 Å². The predicted octanol–water partition coefficient (Wildman–Crippen LogP) is 3.77. The van der Waals surface area contributed by atoms with Gasteiger partial charge in [-0.25, -0.2) is 0 Å². The van der Waals surface area contributed by atoms with Crippen LogP contribution in [0.5, 0.6) is 0 Å². The third-order valence-corrected chi connectivity index (χ3v) is 5.62. The van der Waals surface area contributed by atoms with Crippen LogP contribution in [0.3, 0.4) is 0 Å². The highest BCUT2D eigenvalue weighted by atomic mass is 31.2. The Bertz CT molecular complexity index is 458. The molecule has 0 aromatic heterocycles. The molecule has 0 saturated carbocycles. The van der Waals surface area contributed by atoms with Gasteiger partial charge in [0.15, 0.2) is 0 Å². The van der Waals surface area contributed by atoms with E-state index in [-0.39, 0.29) is 13.0 Å². The Kier molecular flexibility index (Phi) is 11.6. The first-order valence-corrected chi connectivity index (χ1v) is 10.7. The van der Waals surface area contributed by atoms with Crippen molar-refractivity contribution in [1.82, 2.24) is 0 Å². The summed E-state index contributed by atoms with van der Waals surface area (Å²) in [7, 11) is 0.882. The fraction of sp³-hybridized carbons (Fsp3) is 1.00. The molecule has 0 heterocycles. The Hall–Kier alpha value is -0.620. The molecule has 0 saturated heterocycles. The molecule has 1 unspecified atom stereocenters. The van der Waals surface area contributed by atoms with Crippen molar-refractivity contribution >= 4 is 7.60 Å². The average molecular weight is 379 g/mol. The van der Waals surface area contributed by atoms with Gasteiger partial charge in [0.2, 0.25) is 5.34 Å². The van der Waals surface area contributed by atoms with Gasteiger partial charge in [0.25, 0.3) is 0 Å². The van der Waals surface area contributed by atoms with Crippen LogP contribution in [-0.4, -0.2) is 59.0 Å². The Balaban J connectivity index is 3.86. The molecule has 0 rings (SSSR count). The van der Waals surface area contributed by atoms with Crippen molar-refractivity contribution < 1.29 is 23.9 Å². The summed E-state index contributed by atoms with van der Waals surface area (Å²) in [6.07, 6.45) is 9.20. The van der Waals surface area contributed by atoms with E-state index < -0.39 is 12.9 Å². The number of azide groups is 1. The summed E-state index contributed by atoms with van der Waals surface area (Å²) in [5.41, 5.74) is 8.16. The second-order valence-corrected chi connectivity index (χ2v) is 9.78. The Morgan fingerprint density at radius 2 is 1.40 bits per heavy atom. The van der Waals surface area contributed by atoms with Gasteiger partial charge in [0.05, 0.1) is 21.1 Å². The van der Waals surface area contributed by atoms with Gasteiger partial charge in [-0.3, -0.25) is 4.57 Å². The number of hydrogen-bond donors (Lipinski definition) is 3. The van der Waals surface area contributed by atoms with E-state index >= 15 is 0 Å². The third kappa shape index (κ3) is 12.4. The zero-order valence-electron chi connectivity index (χ0n) is 16.0. The minimum Gasteiger partial charge on any atom is -0.373 e. The molecule has 0 spiro atoms. The lowest BCUT2D eigenvalue weighted by atomic mass is 10.0. The number of hydrogen-bond acceptors (Lipinski definition) is 3. The maximum absolute atomic E-state index is 11.7. The predicted molar refractivity (Wildman–Crippen MR) is 100 cm³/mol. The van der Waals surface area contributed by atoms with E-state index in [0.29, 0.717) is 17.4 Å². The van der Waals surface area contributed by atoms with Crippen molar-refractivity contribution in [3.8, 4) is 0 Å². The normalized spacial score (nSPS) is 14.8. The minimum atomic E-state index is -4.56. The smallest absolute Gasteiger partial charge is 0.362 e. The molecule has 1 atom stereocenters. The van der Waals surface area contributed by atoms with Gasteiger partial charge >= 0.3 is 7.60 Å². The van der Waals surface area contributed by atoms with Gasteiger partial charge < -0.3 is 19.4 Å². The van der Waals surface area contributed by atoms with Crippen LogP contribution >= 0.6 is 7.60 Å². The lowest BCUT2D eigenvalue weighted by Crippen LogP contribution is -2.49. The van der Waals surface area contributed by atoms with E-state index in [2.05, 4.69) is 10.0 Å². The highest BCUT2D eigenvalue weighted by Gasteiger charge is 2.48. The zero-order chi connectivity index (χ0) is 19.4. The first-order valence-electron chi connectivity index (χ1n) is 9.11. The number of nitrogens with zero attached hydrogens (tertiary/aromatic N) is 4. The molecule has 0 aromatic rings. The number of rotatable bonds is 15. The van der Waals surface area contributed by atoms with E-state index in [0.717, 1.165) is 51.4 Å². The van der Waals surface area contributed by atoms with Crippen LogP contribution in [0.1, 0.15) is 64.2 Å². The van der Waals surface area contributed by atoms with Crippen molar-refractivity contribution in [2.24, 2.45) is 5.11 Å². The molecule has 0 aliphatic carbocycles. The Morgan fingerprint density at radius 3 is 1.80 bits per heavy atom. The van der Waals surface area contributed by atoms with Crippen molar-refractivity contribution in [3.05, 3.63) is 10.4 Å². The summed E-state index contributed by atoms with van der Waals surface area (Å²) in [5.74, 6) is 0. The first-order chi connectivity index (χ1) is 11.5. The molecular formula is C16H36N4O4P+. The summed E-state index contributed by atoms with van der Waals surface area (Å²) in [4.78, 5) is 21.7. The summed E-state index contributed by atoms with van der Waals surface area (Å²) in [5, 5.41) is 12.0. The molecule has 0 radical (unpaired) electrons. The number of quaternary nitrogens is 1. The molecule has 0 aliphatic rings. The molecule has 0 amide bonds. The zero-order valence-corrected chi connectivity index (χ0v) is 16.9. The Labute approximate surface area is 151 Å². The standard InChI is InChI=1S/C16H35N4O4P/c1-20(2,3)15-16(21,25(22,23)24)13-11-9-7-5-4-6-8-10-12-14-18-19-17/h21H,4-15H2,1-3H3,(H-,22,23,24)/p+1. The summed E-state index contributed by atoms with van der Waals surface area (Å²) in [6, 6.07) is 0. The fourth-order valence-corrected chi connectivity index (χ4v) is 4.01. The molecule has 148 valence electrons. The minimum absolute atomic E-state index is 0.0348. The van der Waals surface area contributed by atoms with E-state index in [1.165, 1.54) is 0 Å². The van der Waals surface area contributed by atoms with Crippen LogP contribution < -0.4 is 0 Å². The summed E-state index contributed by atoms with van der Waals surface area (Å²) >= 11 is 0. The van der Waals surface area contributed by atoms with Crippen LogP contribution in [-0.2, 0) is 4.57 Å². The van der Waals surface area contributed by atoms with Crippen LogP contribution in [0, 0.1) is 0 Å². The van der Waals surface area contributed by atoms with Gasteiger partial charge in [0.1, 0.15) is 6.54 Å². The SMILES string of the molecule is C[N+](C)(C)CC(O)(CCCCCCCCCCCN=[N+]=[N-])P(=O)(O)O. The monoisotopic (exact) mass is 379 g/mol. The van der Waals surface area contributed by atoms with Crippen LogP contribution in [0.4, 0.5) is 0 Å². The Morgan fingerprint density at radius 1 is 0.960 bits per heavy atom. The van der Waals surface area contributed by atoms with E-state index in [4.69, 9.17) is 5.53 Å². The van der Waals surface area contributed by atoms with Crippen molar-refractivity contribution in [1.29, 1.82) is 0 Å². The van der Waals surface area contributed by atoms with Crippen molar-refractivity contribution in [2.45, 2.75) is 69.6 Å². The highest BCUT2D eigenvalue weighted by molar-refractivity contribution is 7.53. The molecule has 25 heavy (non-hydrogen) atoms. The number of aliphatic hydroxyl groups is 1. The van der Waals surface area contributed by atoms with Crippen molar-refractivity contribution in [2.75, 3.05) is 34.2 Å². The maximum Gasteiger partial charge on any atom is 0.362 e. The first kappa shape index (κ1) is 24.4. The van der Waals surface area contributed by atoms with Crippen LogP contribution in [0.15, 0.2) is 5.11 Å². The maximum atomic E-state index is 11.7. The average Bonchev–Trinajstić information content (AvgIpc) is 2.45. The van der Waals surface area contributed by atoms with Gasteiger partial charge in [0, 0.05) is 11.5 Å². The molecule has 0 bridgehead atoms. The second-order valence-electron chi connectivity index (χ2n) is 7.86. The van der Waals surface area contributed by atoms with Crippen LogP contribution in [0.25, 0.3) is 10.4 Å². The summed E-state index contributed by atoms with van der Waals surface area (Å²) in [6.45, 7) is 0.611. The molecule has 8 nitrogen and oxygen atoms in total. The third-order valence-electron chi connectivity index (χ3n) is 4.17. The van der Waals surface area contributed by atoms with Crippen molar-refractivity contribution in [3.63, 3.8) is 0 Å². The number of unbranched alkanes of at least 4 members (excludes halogenated alkanes) is 8. The lowest BCUT2D eigenvalue weighted by Gasteiger charge is -2.35. The lowest BCUT2D eigenvalue weighted by molar-refractivity contribution is -0.875. The highest BCUT2D eigenvalue weighted by Crippen LogP contribution is 2.52. The van der Waals surface area contributed by atoms with E-state index in [9.17, 15) is 19.5 Å². The quantitative estimate of drug-likeness (QED) is 0.0999. The molecule has 3 N–H and O–H groups in total. The van der Waals surface area contributed by atoms with E-state index in [1.807, 2.05) is 21.1 Å². The van der Waals surface area contributed by atoms with Crippen LogP contribution in [0.2, 0.25) is 0 Å². The molecular weight excluding hydrogens is 343 g/mol. The molecule has 0 aliphatic heterocycles. The second kappa shape index (κ2) is 11.9.